The first-order valence-electron chi connectivity index (χ1n) is 8.24. The first-order valence-corrected chi connectivity index (χ1v) is 8.24. The maximum Gasteiger partial charge on any atom is 0.115 e. The molecule has 2 atom stereocenters. The van der Waals surface area contributed by atoms with Crippen LogP contribution in [0.2, 0.25) is 0 Å². The minimum atomic E-state index is -0.748. The van der Waals surface area contributed by atoms with Gasteiger partial charge in [-0.2, -0.15) is 5.26 Å². The van der Waals surface area contributed by atoms with Crippen LogP contribution in [0.25, 0.3) is 0 Å². The fourth-order valence-corrected chi connectivity index (χ4v) is 3.88. The third kappa shape index (κ3) is 2.65. The number of nitriles is 1. The molecule has 1 aliphatic rings. The van der Waals surface area contributed by atoms with Crippen LogP contribution in [0.1, 0.15) is 24.5 Å². The van der Waals surface area contributed by atoms with E-state index in [1.54, 1.807) is 0 Å². The van der Waals surface area contributed by atoms with E-state index in [-0.39, 0.29) is 10.6 Å². The summed E-state index contributed by atoms with van der Waals surface area (Å²) in [5.74, 6) is 0.0368. The van der Waals surface area contributed by atoms with Gasteiger partial charge in [-0.15, -0.1) is 0 Å². The molecule has 0 radical (unpaired) electrons. The number of rotatable bonds is 4. The summed E-state index contributed by atoms with van der Waals surface area (Å²) in [6.45, 7) is 3.62. The van der Waals surface area contributed by atoms with Crippen LogP contribution in [0.3, 0.4) is 0 Å². The van der Waals surface area contributed by atoms with E-state index >= 15 is 0 Å². The lowest BCUT2D eigenvalue weighted by molar-refractivity contribution is -0.868. The van der Waals surface area contributed by atoms with Crippen LogP contribution in [-0.2, 0) is 5.41 Å². The molecule has 0 amide bonds. The number of benzene rings is 2. The normalized spacial score (nSPS) is 24.3. The summed E-state index contributed by atoms with van der Waals surface area (Å²) in [6.07, 6.45) is 0.786. The van der Waals surface area contributed by atoms with Gasteiger partial charge in [-0.05, 0) is 18.1 Å². The molecule has 2 aromatic carbocycles. The van der Waals surface area contributed by atoms with Gasteiger partial charge in [0.05, 0.1) is 25.7 Å². The van der Waals surface area contributed by atoms with Crippen molar-refractivity contribution in [3.8, 4) is 6.07 Å². The number of hydrogen-bond donors (Lipinski definition) is 0. The summed E-state index contributed by atoms with van der Waals surface area (Å²) in [7, 11) is 0. The Morgan fingerprint density at radius 3 is 2.00 bits per heavy atom. The molecule has 118 valence electrons. The molecule has 3 rings (SSSR count). The topological polar surface area (TPSA) is 46.8 Å². The lowest BCUT2D eigenvalue weighted by Gasteiger charge is -2.40. The smallest absolute Gasteiger partial charge is 0.115 e. The maximum atomic E-state index is 12.7. The molecule has 2 aromatic rings. The van der Waals surface area contributed by atoms with Crippen molar-refractivity contribution in [1.82, 2.24) is 0 Å². The van der Waals surface area contributed by atoms with Crippen molar-refractivity contribution in [2.45, 2.75) is 18.8 Å². The molecule has 1 saturated heterocycles. The highest BCUT2D eigenvalue weighted by Crippen LogP contribution is 2.44. The van der Waals surface area contributed by atoms with E-state index in [0.717, 1.165) is 17.5 Å². The van der Waals surface area contributed by atoms with Gasteiger partial charge in [0.25, 0.3) is 0 Å². The van der Waals surface area contributed by atoms with E-state index in [9.17, 15) is 10.5 Å². The number of nitrogens with zero attached hydrogens (tertiary/aromatic N) is 2. The Hall–Kier alpha value is -2.15. The van der Waals surface area contributed by atoms with Gasteiger partial charge < -0.3 is 9.85 Å². The van der Waals surface area contributed by atoms with E-state index in [1.165, 1.54) is 0 Å². The number of hydrogen-bond acceptors (Lipinski definition) is 2. The Balaban J connectivity index is 2.14. The highest BCUT2D eigenvalue weighted by Gasteiger charge is 2.48. The molecule has 1 heterocycles. The summed E-state index contributed by atoms with van der Waals surface area (Å²) in [5.41, 5.74) is 1.23. The quantitative estimate of drug-likeness (QED) is 0.636. The van der Waals surface area contributed by atoms with Crippen molar-refractivity contribution in [3.05, 3.63) is 77.0 Å². The van der Waals surface area contributed by atoms with Gasteiger partial charge in [0.2, 0.25) is 0 Å². The predicted octanol–water partition coefficient (Wildman–Crippen LogP) is 3.85. The number of quaternary nitrogens is 1. The highest BCUT2D eigenvalue weighted by molar-refractivity contribution is 5.47. The Morgan fingerprint density at radius 2 is 1.61 bits per heavy atom. The van der Waals surface area contributed by atoms with Gasteiger partial charge >= 0.3 is 0 Å². The molecule has 0 aliphatic carbocycles. The van der Waals surface area contributed by atoms with Gasteiger partial charge in [-0.25, -0.2) is 0 Å². The lowest BCUT2D eigenvalue weighted by Crippen LogP contribution is -2.43. The zero-order chi connectivity index (χ0) is 16.3. The zero-order valence-electron chi connectivity index (χ0n) is 13.5. The van der Waals surface area contributed by atoms with Gasteiger partial charge in [-0.3, -0.25) is 0 Å². The van der Waals surface area contributed by atoms with E-state index in [0.29, 0.717) is 19.6 Å². The number of likely N-dealkylation sites (tertiary alicyclic amines) is 1. The molecule has 0 saturated carbocycles. The molecule has 0 spiro atoms. The maximum absolute atomic E-state index is 12.7. The molecule has 3 heteroatoms. The fourth-order valence-electron chi connectivity index (χ4n) is 3.88. The second-order valence-electron chi connectivity index (χ2n) is 6.42. The monoisotopic (exact) mass is 306 g/mol. The molecule has 1 aliphatic heterocycles. The van der Waals surface area contributed by atoms with Gasteiger partial charge in [-0.1, -0.05) is 60.7 Å². The van der Waals surface area contributed by atoms with Crippen molar-refractivity contribution in [1.29, 1.82) is 5.26 Å². The molecular weight excluding hydrogens is 284 g/mol. The molecule has 2 unspecified atom stereocenters. The third-order valence-corrected chi connectivity index (χ3v) is 5.26. The highest BCUT2D eigenvalue weighted by atomic mass is 16.5. The molecular formula is C20H22N2O. The third-order valence-electron chi connectivity index (χ3n) is 5.26. The minimum absolute atomic E-state index is 0.0368. The molecule has 1 fully saturated rings. The summed E-state index contributed by atoms with van der Waals surface area (Å²) >= 11 is 0. The fraction of sp³-hybridized carbons (Fsp3) is 0.350. The van der Waals surface area contributed by atoms with Crippen LogP contribution in [0.15, 0.2) is 60.7 Å². The van der Waals surface area contributed by atoms with E-state index in [2.05, 4.69) is 6.07 Å². The van der Waals surface area contributed by atoms with Gasteiger partial charge in [0.1, 0.15) is 5.41 Å². The van der Waals surface area contributed by atoms with Crippen molar-refractivity contribution >= 4 is 0 Å². The summed E-state index contributed by atoms with van der Waals surface area (Å²) in [6, 6.07) is 22.5. The predicted molar refractivity (Wildman–Crippen MR) is 91.3 cm³/mol. The number of hydroxylamine groups is 3. The van der Waals surface area contributed by atoms with Crippen LogP contribution in [0.4, 0.5) is 0 Å². The average molecular weight is 306 g/mol. The Bertz CT molecular complexity index is 653. The van der Waals surface area contributed by atoms with Crippen LogP contribution < -0.4 is 0 Å². The van der Waals surface area contributed by atoms with Crippen molar-refractivity contribution in [2.24, 2.45) is 5.92 Å². The lowest BCUT2D eigenvalue weighted by atomic mass is 9.66. The summed E-state index contributed by atoms with van der Waals surface area (Å²) in [4.78, 5) is 0. The zero-order valence-corrected chi connectivity index (χ0v) is 13.5. The van der Waals surface area contributed by atoms with Gasteiger partial charge in [0, 0.05) is 12.3 Å². The first kappa shape index (κ1) is 15.7. The molecule has 3 nitrogen and oxygen atoms in total. The largest absolute Gasteiger partial charge is 0.633 e. The molecule has 0 N–H and O–H groups in total. The van der Waals surface area contributed by atoms with Crippen LogP contribution >= 0.6 is 0 Å². The van der Waals surface area contributed by atoms with Gasteiger partial charge in [0.15, 0.2) is 0 Å². The second kappa shape index (κ2) is 6.16. The van der Waals surface area contributed by atoms with Crippen molar-refractivity contribution in [2.75, 3.05) is 19.6 Å². The van der Waals surface area contributed by atoms with E-state index in [1.807, 2.05) is 67.6 Å². The first-order chi connectivity index (χ1) is 11.1. The van der Waals surface area contributed by atoms with E-state index < -0.39 is 5.41 Å². The Kier molecular flexibility index (Phi) is 4.21. The van der Waals surface area contributed by atoms with Crippen LogP contribution in [0.5, 0.6) is 0 Å². The molecule has 0 aromatic heterocycles. The average Bonchev–Trinajstić information content (AvgIpc) is 3.01. The molecule has 0 bridgehead atoms. The van der Waals surface area contributed by atoms with Crippen LogP contribution in [0, 0.1) is 22.5 Å². The molecule has 23 heavy (non-hydrogen) atoms. The standard InChI is InChI=1S/C20H22N2O/c1-2-22(23)14-13-19(15-22)20(16-21,17-9-5-3-6-10-17)18-11-7-4-8-12-18/h3-12,19H,2,13-15H2,1H3. The Morgan fingerprint density at radius 1 is 1.09 bits per heavy atom. The van der Waals surface area contributed by atoms with E-state index in [4.69, 9.17) is 0 Å². The SMILES string of the molecule is CC[N+]1([O-])CCC(C(C#N)(c2ccccc2)c2ccccc2)C1. The minimum Gasteiger partial charge on any atom is -0.633 e. The summed E-state index contributed by atoms with van der Waals surface area (Å²) in [5, 5.41) is 23.0. The van der Waals surface area contributed by atoms with Crippen molar-refractivity contribution < 1.29 is 4.65 Å². The van der Waals surface area contributed by atoms with Crippen molar-refractivity contribution in [3.63, 3.8) is 0 Å². The summed E-state index contributed by atoms with van der Waals surface area (Å²) < 4.78 is -0.187. The Labute approximate surface area is 138 Å². The second-order valence-corrected chi connectivity index (χ2v) is 6.42. The van der Waals surface area contributed by atoms with Crippen LogP contribution in [-0.4, -0.2) is 24.3 Å².